The van der Waals surface area contributed by atoms with Crippen molar-refractivity contribution >= 4 is 28.9 Å². The zero-order valence-electron chi connectivity index (χ0n) is 12.7. The summed E-state index contributed by atoms with van der Waals surface area (Å²) in [5.74, 6) is -0.345. The SMILES string of the molecule is O=C(/C=C/c1cnc2ccccc2n1)NCC(=O)N1CCCC1. The van der Waals surface area contributed by atoms with Gasteiger partial charge in [-0.25, -0.2) is 4.98 Å². The molecule has 6 nitrogen and oxygen atoms in total. The number of hydrogen-bond donors (Lipinski definition) is 1. The molecule has 0 aliphatic carbocycles. The maximum absolute atomic E-state index is 11.8. The van der Waals surface area contributed by atoms with Gasteiger partial charge in [0, 0.05) is 19.2 Å². The van der Waals surface area contributed by atoms with Gasteiger partial charge in [0.05, 0.1) is 29.5 Å². The number of para-hydroxylation sites is 2. The molecule has 2 heterocycles. The highest BCUT2D eigenvalue weighted by atomic mass is 16.2. The molecule has 1 N–H and O–H groups in total. The smallest absolute Gasteiger partial charge is 0.244 e. The average Bonchev–Trinajstić information content (AvgIpc) is 3.12. The van der Waals surface area contributed by atoms with E-state index in [-0.39, 0.29) is 18.4 Å². The van der Waals surface area contributed by atoms with Crippen LogP contribution in [0.3, 0.4) is 0 Å². The number of rotatable bonds is 4. The van der Waals surface area contributed by atoms with Crippen LogP contribution in [0.25, 0.3) is 17.1 Å². The minimum Gasteiger partial charge on any atom is -0.343 e. The highest BCUT2D eigenvalue weighted by Gasteiger charge is 2.17. The van der Waals surface area contributed by atoms with E-state index >= 15 is 0 Å². The van der Waals surface area contributed by atoms with Crippen LogP contribution >= 0.6 is 0 Å². The van der Waals surface area contributed by atoms with Gasteiger partial charge in [0.15, 0.2) is 0 Å². The van der Waals surface area contributed by atoms with E-state index in [1.165, 1.54) is 6.08 Å². The van der Waals surface area contributed by atoms with Gasteiger partial charge < -0.3 is 10.2 Å². The summed E-state index contributed by atoms with van der Waals surface area (Å²) >= 11 is 0. The number of aromatic nitrogens is 2. The molecule has 3 rings (SSSR count). The molecule has 0 radical (unpaired) electrons. The summed E-state index contributed by atoms with van der Waals surface area (Å²) < 4.78 is 0. The summed E-state index contributed by atoms with van der Waals surface area (Å²) in [7, 11) is 0. The summed E-state index contributed by atoms with van der Waals surface area (Å²) in [6, 6.07) is 7.54. The van der Waals surface area contributed by atoms with Crippen LogP contribution in [0, 0.1) is 0 Å². The Morgan fingerprint density at radius 3 is 2.70 bits per heavy atom. The van der Waals surface area contributed by atoms with Gasteiger partial charge in [0.2, 0.25) is 11.8 Å². The van der Waals surface area contributed by atoms with E-state index in [9.17, 15) is 9.59 Å². The van der Waals surface area contributed by atoms with Crippen molar-refractivity contribution in [1.82, 2.24) is 20.2 Å². The van der Waals surface area contributed by atoms with Gasteiger partial charge in [0.25, 0.3) is 0 Å². The largest absolute Gasteiger partial charge is 0.343 e. The molecule has 2 aromatic rings. The van der Waals surface area contributed by atoms with Gasteiger partial charge in [-0.2, -0.15) is 0 Å². The standard InChI is InChI=1S/C17H18N4O2/c22-16(19-12-17(23)21-9-3-4-10-21)8-7-13-11-18-14-5-1-2-6-15(14)20-13/h1-2,5-8,11H,3-4,9-10,12H2,(H,19,22)/b8-7+. The van der Waals surface area contributed by atoms with Crippen molar-refractivity contribution in [3.63, 3.8) is 0 Å². The number of hydrogen-bond acceptors (Lipinski definition) is 4. The summed E-state index contributed by atoms with van der Waals surface area (Å²) in [5, 5.41) is 2.60. The maximum atomic E-state index is 11.8. The zero-order valence-corrected chi connectivity index (χ0v) is 12.7. The van der Waals surface area contributed by atoms with Crippen LogP contribution in [0.4, 0.5) is 0 Å². The first-order chi connectivity index (χ1) is 11.2. The Bertz CT molecular complexity index is 751. The number of carbonyl (C=O) groups excluding carboxylic acids is 2. The number of fused-ring (bicyclic) bond motifs is 1. The summed E-state index contributed by atoms with van der Waals surface area (Å²) in [4.78, 5) is 34.1. The van der Waals surface area contributed by atoms with E-state index in [0.29, 0.717) is 5.69 Å². The van der Waals surface area contributed by atoms with Crippen LogP contribution in [0.5, 0.6) is 0 Å². The summed E-state index contributed by atoms with van der Waals surface area (Å²) in [5.41, 5.74) is 2.19. The topological polar surface area (TPSA) is 75.2 Å². The van der Waals surface area contributed by atoms with Gasteiger partial charge in [-0.15, -0.1) is 0 Å². The third-order valence-electron chi connectivity index (χ3n) is 3.75. The van der Waals surface area contributed by atoms with Crippen molar-refractivity contribution in [3.05, 3.63) is 42.2 Å². The number of amides is 2. The predicted octanol–water partition coefficient (Wildman–Crippen LogP) is 1.38. The lowest BCUT2D eigenvalue weighted by Crippen LogP contribution is -2.38. The molecule has 23 heavy (non-hydrogen) atoms. The fourth-order valence-corrected chi connectivity index (χ4v) is 2.51. The Labute approximate surface area is 134 Å². The highest BCUT2D eigenvalue weighted by molar-refractivity contribution is 5.94. The molecule has 1 saturated heterocycles. The second-order valence-corrected chi connectivity index (χ2v) is 5.42. The minimum atomic E-state index is -0.312. The van der Waals surface area contributed by atoms with E-state index in [0.717, 1.165) is 37.0 Å². The quantitative estimate of drug-likeness (QED) is 0.866. The molecule has 6 heteroatoms. The molecule has 1 aliphatic rings. The van der Waals surface area contributed by atoms with Crippen molar-refractivity contribution in [2.45, 2.75) is 12.8 Å². The van der Waals surface area contributed by atoms with E-state index in [1.54, 1.807) is 17.2 Å². The number of nitrogens with zero attached hydrogens (tertiary/aromatic N) is 3. The lowest BCUT2D eigenvalue weighted by molar-refractivity contribution is -0.131. The van der Waals surface area contributed by atoms with Crippen LogP contribution in [-0.4, -0.2) is 46.3 Å². The third-order valence-corrected chi connectivity index (χ3v) is 3.75. The Morgan fingerprint density at radius 1 is 1.17 bits per heavy atom. The zero-order chi connectivity index (χ0) is 16.1. The number of carbonyl (C=O) groups is 2. The van der Waals surface area contributed by atoms with Crippen molar-refractivity contribution in [3.8, 4) is 0 Å². The molecule has 2 amide bonds. The second kappa shape index (κ2) is 7.00. The van der Waals surface area contributed by atoms with Crippen molar-refractivity contribution < 1.29 is 9.59 Å². The Morgan fingerprint density at radius 2 is 1.91 bits per heavy atom. The summed E-state index contributed by atoms with van der Waals surface area (Å²) in [6.45, 7) is 1.61. The highest BCUT2D eigenvalue weighted by Crippen LogP contribution is 2.09. The molecular formula is C17H18N4O2. The van der Waals surface area contributed by atoms with Crippen molar-refractivity contribution in [1.29, 1.82) is 0 Å². The first-order valence-electron chi connectivity index (χ1n) is 7.68. The first-order valence-corrected chi connectivity index (χ1v) is 7.68. The van der Waals surface area contributed by atoms with E-state index in [1.807, 2.05) is 24.3 Å². The molecule has 1 aliphatic heterocycles. The first kappa shape index (κ1) is 15.1. The maximum Gasteiger partial charge on any atom is 0.244 e. The Balaban J connectivity index is 1.55. The number of nitrogens with one attached hydrogen (secondary N) is 1. The third kappa shape index (κ3) is 3.91. The Hall–Kier alpha value is -2.76. The molecular weight excluding hydrogens is 292 g/mol. The summed E-state index contributed by atoms with van der Waals surface area (Å²) in [6.07, 6.45) is 6.66. The van der Waals surface area contributed by atoms with Crippen LogP contribution < -0.4 is 5.32 Å². The normalized spacial score (nSPS) is 14.5. The molecule has 1 aromatic heterocycles. The lowest BCUT2D eigenvalue weighted by atomic mass is 10.3. The van der Waals surface area contributed by atoms with Gasteiger partial charge in [-0.05, 0) is 31.1 Å². The molecule has 1 aromatic carbocycles. The molecule has 0 atom stereocenters. The fraction of sp³-hybridized carbons (Fsp3) is 0.294. The van der Waals surface area contributed by atoms with Gasteiger partial charge in [-0.3, -0.25) is 14.6 Å². The van der Waals surface area contributed by atoms with E-state index in [2.05, 4.69) is 15.3 Å². The molecule has 0 saturated carbocycles. The van der Waals surface area contributed by atoms with Gasteiger partial charge in [0.1, 0.15) is 0 Å². The molecule has 118 valence electrons. The van der Waals surface area contributed by atoms with Crippen molar-refractivity contribution in [2.75, 3.05) is 19.6 Å². The van der Waals surface area contributed by atoms with Crippen LogP contribution in [0.15, 0.2) is 36.5 Å². The molecule has 1 fully saturated rings. The molecule has 0 bridgehead atoms. The molecule has 0 spiro atoms. The predicted molar refractivity (Wildman–Crippen MR) is 87.4 cm³/mol. The van der Waals surface area contributed by atoms with Crippen LogP contribution in [0.2, 0.25) is 0 Å². The monoisotopic (exact) mass is 310 g/mol. The average molecular weight is 310 g/mol. The Kier molecular flexibility index (Phi) is 4.61. The second-order valence-electron chi connectivity index (χ2n) is 5.42. The lowest BCUT2D eigenvalue weighted by Gasteiger charge is -2.14. The fourth-order valence-electron chi connectivity index (χ4n) is 2.51. The molecule has 0 unspecified atom stereocenters. The van der Waals surface area contributed by atoms with E-state index in [4.69, 9.17) is 0 Å². The van der Waals surface area contributed by atoms with Gasteiger partial charge in [-0.1, -0.05) is 12.1 Å². The van der Waals surface area contributed by atoms with Gasteiger partial charge >= 0.3 is 0 Å². The van der Waals surface area contributed by atoms with E-state index < -0.39 is 0 Å². The van der Waals surface area contributed by atoms with Crippen molar-refractivity contribution in [2.24, 2.45) is 0 Å². The van der Waals surface area contributed by atoms with Crippen LogP contribution in [-0.2, 0) is 9.59 Å². The van der Waals surface area contributed by atoms with Crippen LogP contribution in [0.1, 0.15) is 18.5 Å². The number of likely N-dealkylation sites (tertiary alicyclic amines) is 1. The number of benzene rings is 1. The minimum absolute atomic E-state index is 0.0326.